The maximum atomic E-state index is 5.24. The maximum absolute atomic E-state index is 5.24. The minimum atomic E-state index is 0.139. The van der Waals surface area contributed by atoms with E-state index in [0.717, 1.165) is 5.75 Å². The van der Waals surface area contributed by atoms with Crippen molar-refractivity contribution in [3.8, 4) is 5.75 Å². The molecule has 0 bridgehead atoms. The maximum Gasteiger partial charge on any atom is 0.123 e. The number of hydrogen-bond acceptors (Lipinski definition) is 1. The van der Waals surface area contributed by atoms with E-state index < -0.39 is 0 Å². The van der Waals surface area contributed by atoms with Crippen LogP contribution in [-0.2, 0) is 5.41 Å². The molecule has 1 nitrogen and oxygen atoms in total. The van der Waals surface area contributed by atoms with E-state index in [1.807, 2.05) is 12.1 Å². The number of methoxy groups -OCH3 is 1. The lowest BCUT2D eigenvalue weighted by Gasteiger charge is -2.21. The van der Waals surface area contributed by atoms with Crippen molar-refractivity contribution in [3.05, 3.63) is 29.8 Å². The summed E-state index contributed by atoms with van der Waals surface area (Å²) in [5.74, 6) is 0.921. The second kappa shape index (κ2) is 3.18. The minimum absolute atomic E-state index is 0.139. The van der Waals surface area contributed by atoms with Crippen LogP contribution in [0.5, 0.6) is 5.75 Å². The molecule has 0 aliphatic rings. The van der Waals surface area contributed by atoms with Gasteiger partial charge < -0.3 is 4.74 Å². The van der Waals surface area contributed by atoms with Gasteiger partial charge in [-0.1, -0.05) is 32.9 Å². The van der Waals surface area contributed by atoms with Gasteiger partial charge in [0, 0.05) is 0 Å². The topological polar surface area (TPSA) is 9.23 Å². The van der Waals surface area contributed by atoms with Crippen molar-refractivity contribution in [2.24, 2.45) is 0 Å². The van der Waals surface area contributed by atoms with E-state index in [-0.39, 0.29) is 5.41 Å². The normalized spacial score (nSPS) is 11.3. The summed E-state index contributed by atoms with van der Waals surface area (Å²) in [5.41, 5.74) is 1.37. The summed E-state index contributed by atoms with van der Waals surface area (Å²) >= 11 is 0. The van der Waals surface area contributed by atoms with E-state index in [1.165, 1.54) is 5.56 Å². The molecule has 0 unspecified atom stereocenters. The molecule has 0 spiro atoms. The molecule has 12 heavy (non-hydrogen) atoms. The third-order valence-electron chi connectivity index (χ3n) is 1.85. The van der Waals surface area contributed by atoms with Crippen LogP contribution in [0.15, 0.2) is 18.2 Å². The van der Waals surface area contributed by atoms with Gasteiger partial charge >= 0.3 is 0 Å². The highest BCUT2D eigenvalue weighted by atomic mass is 16.5. The Balaban J connectivity index is 3.14. The molecule has 0 fully saturated rings. The largest absolute Gasteiger partial charge is 0.496 e. The predicted molar refractivity (Wildman–Crippen MR) is 50.5 cm³/mol. The monoisotopic (exact) mass is 163 g/mol. The van der Waals surface area contributed by atoms with Gasteiger partial charge in [0.2, 0.25) is 0 Å². The Morgan fingerprint density at radius 3 is 2.42 bits per heavy atom. The van der Waals surface area contributed by atoms with E-state index in [2.05, 4.69) is 32.9 Å². The lowest BCUT2D eigenvalue weighted by Crippen LogP contribution is -2.12. The molecule has 0 N–H and O–H groups in total. The molecule has 1 aromatic rings. The molecular weight excluding hydrogens is 148 g/mol. The first-order chi connectivity index (χ1) is 5.55. The van der Waals surface area contributed by atoms with E-state index >= 15 is 0 Å². The Bertz CT molecular complexity index is 258. The molecule has 65 valence electrons. The molecule has 0 aliphatic carbocycles. The van der Waals surface area contributed by atoms with Crippen molar-refractivity contribution in [2.45, 2.75) is 26.2 Å². The highest BCUT2D eigenvalue weighted by Gasteiger charge is 2.17. The first-order valence-electron chi connectivity index (χ1n) is 4.10. The number of hydrogen-bond donors (Lipinski definition) is 0. The van der Waals surface area contributed by atoms with E-state index in [9.17, 15) is 0 Å². The fraction of sp³-hybridized carbons (Fsp3) is 0.455. The van der Waals surface area contributed by atoms with Crippen LogP contribution in [0.1, 0.15) is 26.3 Å². The van der Waals surface area contributed by atoms with Gasteiger partial charge in [-0.3, -0.25) is 0 Å². The molecular formula is C11H15O. The zero-order chi connectivity index (χ0) is 9.19. The summed E-state index contributed by atoms with van der Waals surface area (Å²) in [6.07, 6.45) is 0. The Labute approximate surface area is 74.4 Å². The van der Waals surface area contributed by atoms with Gasteiger partial charge in [-0.15, -0.1) is 0 Å². The first kappa shape index (κ1) is 9.11. The van der Waals surface area contributed by atoms with Crippen LogP contribution in [0.25, 0.3) is 0 Å². The molecule has 1 aromatic carbocycles. The van der Waals surface area contributed by atoms with Gasteiger partial charge in [0.15, 0.2) is 0 Å². The second-order valence-electron chi connectivity index (χ2n) is 3.88. The first-order valence-corrected chi connectivity index (χ1v) is 4.10. The summed E-state index contributed by atoms with van der Waals surface area (Å²) in [6, 6.07) is 8.85. The van der Waals surface area contributed by atoms with Crippen molar-refractivity contribution >= 4 is 0 Å². The highest BCUT2D eigenvalue weighted by Crippen LogP contribution is 2.30. The summed E-state index contributed by atoms with van der Waals surface area (Å²) in [5, 5.41) is 0. The van der Waals surface area contributed by atoms with Gasteiger partial charge in [0.05, 0.1) is 7.11 Å². The highest BCUT2D eigenvalue weighted by molar-refractivity contribution is 5.37. The van der Waals surface area contributed by atoms with Crippen LogP contribution >= 0.6 is 0 Å². The molecule has 0 amide bonds. The van der Waals surface area contributed by atoms with Gasteiger partial charge in [-0.05, 0) is 23.1 Å². The zero-order valence-corrected chi connectivity index (χ0v) is 8.14. The smallest absolute Gasteiger partial charge is 0.123 e. The molecule has 0 saturated carbocycles. The summed E-state index contributed by atoms with van der Waals surface area (Å²) < 4.78 is 5.24. The van der Waals surface area contributed by atoms with Crippen molar-refractivity contribution in [2.75, 3.05) is 7.11 Å². The standard InChI is InChI=1S/C11H15O/c1-11(2,3)9-7-5-6-8-10(9)12-4/h5,7-8H,1-4H3. The van der Waals surface area contributed by atoms with Crippen LogP contribution in [0.2, 0.25) is 0 Å². The minimum Gasteiger partial charge on any atom is -0.496 e. The Morgan fingerprint density at radius 1 is 1.33 bits per heavy atom. The SMILES string of the molecule is COc1c[c]ccc1C(C)(C)C. The zero-order valence-electron chi connectivity index (χ0n) is 8.14. The molecule has 0 heterocycles. The second-order valence-corrected chi connectivity index (χ2v) is 3.88. The van der Waals surface area contributed by atoms with E-state index in [1.54, 1.807) is 7.11 Å². The predicted octanol–water partition coefficient (Wildman–Crippen LogP) is 2.79. The summed E-state index contributed by atoms with van der Waals surface area (Å²) in [6.45, 7) is 6.51. The molecule has 0 saturated heterocycles. The third-order valence-corrected chi connectivity index (χ3v) is 1.85. The lowest BCUT2D eigenvalue weighted by atomic mass is 9.86. The Kier molecular flexibility index (Phi) is 2.41. The van der Waals surface area contributed by atoms with Crippen LogP contribution in [0, 0.1) is 6.07 Å². The fourth-order valence-corrected chi connectivity index (χ4v) is 1.20. The lowest BCUT2D eigenvalue weighted by molar-refractivity contribution is 0.397. The third kappa shape index (κ3) is 1.79. The quantitative estimate of drug-likeness (QED) is 0.618. The van der Waals surface area contributed by atoms with Crippen molar-refractivity contribution in [1.82, 2.24) is 0 Å². The average molecular weight is 163 g/mol. The van der Waals surface area contributed by atoms with Gasteiger partial charge in [0.25, 0.3) is 0 Å². The molecule has 0 aromatic heterocycles. The van der Waals surface area contributed by atoms with Gasteiger partial charge in [0.1, 0.15) is 5.75 Å². The average Bonchev–Trinajstić information content (AvgIpc) is 2.03. The van der Waals surface area contributed by atoms with E-state index in [4.69, 9.17) is 4.74 Å². The van der Waals surface area contributed by atoms with Crippen LogP contribution < -0.4 is 4.74 Å². The molecule has 1 heteroatoms. The van der Waals surface area contributed by atoms with Crippen molar-refractivity contribution in [3.63, 3.8) is 0 Å². The molecule has 0 aliphatic heterocycles. The van der Waals surface area contributed by atoms with Crippen molar-refractivity contribution < 1.29 is 4.74 Å². The number of ether oxygens (including phenoxy) is 1. The van der Waals surface area contributed by atoms with Crippen LogP contribution in [0.4, 0.5) is 0 Å². The van der Waals surface area contributed by atoms with Gasteiger partial charge in [-0.2, -0.15) is 0 Å². The molecule has 1 radical (unpaired) electrons. The number of benzene rings is 1. The van der Waals surface area contributed by atoms with Crippen molar-refractivity contribution in [1.29, 1.82) is 0 Å². The van der Waals surface area contributed by atoms with Crippen LogP contribution in [-0.4, -0.2) is 7.11 Å². The summed E-state index contributed by atoms with van der Waals surface area (Å²) in [7, 11) is 1.69. The van der Waals surface area contributed by atoms with Gasteiger partial charge in [-0.25, -0.2) is 0 Å². The number of rotatable bonds is 1. The molecule has 0 atom stereocenters. The Morgan fingerprint density at radius 2 is 2.00 bits per heavy atom. The molecule has 1 rings (SSSR count). The van der Waals surface area contributed by atoms with E-state index in [0.29, 0.717) is 0 Å². The fourth-order valence-electron chi connectivity index (χ4n) is 1.20. The Hall–Kier alpha value is -0.980. The van der Waals surface area contributed by atoms with Crippen LogP contribution in [0.3, 0.4) is 0 Å². The summed E-state index contributed by atoms with van der Waals surface area (Å²) in [4.78, 5) is 0.